The fourth-order valence-electron chi connectivity index (χ4n) is 6.24. The number of carbonyl (C=O) groups excluding carboxylic acids is 1. The van der Waals surface area contributed by atoms with Gasteiger partial charge in [-0.25, -0.2) is 13.2 Å². The van der Waals surface area contributed by atoms with E-state index in [0.29, 0.717) is 25.2 Å². The number of benzene rings is 3. The van der Waals surface area contributed by atoms with Gasteiger partial charge < -0.3 is 29.4 Å². The van der Waals surface area contributed by atoms with Crippen molar-refractivity contribution in [3.8, 4) is 5.75 Å². The van der Waals surface area contributed by atoms with Gasteiger partial charge in [-0.1, -0.05) is 84.0 Å². The largest absolute Gasteiger partial charge is 0.489 e. The molecule has 47 heavy (non-hydrogen) atoms. The maximum Gasteiger partial charge on any atom is 0.407 e. The van der Waals surface area contributed by atoms with Crippen LogP contribution in [0.15, 0.2) is 89.8 Å². The van der Waals surface area contributed by atoms with Crippen molar-refractivity contribution in [2.24, 2.45) is 5.92 Å². The molecule has 3 fully saturated rings. The third kappa shape index (κ3) is 8.69. The number of fused-ring (bicyclic) bond motifs is 1. The van der Waals surface area contributed by atoms with Crippen LogP contribution in [0.5, 0.6) is 5.75 Å². The Morgan fingerprint density at radius 1 is 0.936 bits per heavy atom. The van der Waals surface area contributed by atoms with Gasteiger partial charge >= 0.3 is 6.09 Å². The van der Waals surface area contributed by atoms with Crippen LogP contribution in [-0.2, 0) is 42.1 Å². The Balaban J connectivity index is 1.19. The van der Waals surface area contributed by atoms with Gasteiger partial charge in [-0.2, -0.15) is 0 Å². The summed E-state index contributed by atoms with van der Waals surface area (Å²) in [6.45, 7) is 0.621. The second kappa shape index (κ2) is 15.6. The highest BCUT2D eigenvalue weighted by Crippen LogP contribution is 2.33. The molecule has 6 rings (SSSR count). The molecule has 0 spiro atoms. The van der Waals surface area contributed by atoms with Gasteiger partial charge in [-0.05, 0) is 48.9 Å². The molecule has 11 nitrogen and oxygen atoms in total. The van der Waals surface area contributed by atoms with Crippen LogP contribution in [0.2, 0.25) is 0 Å². The van der Waals surface area contributed by atoms with Crippen LogP contribution in [0.4, 0.5) is 4.79 Å². The minimum absolute atomic E-state index is 0.0326. The third-order valence-corrected chi connectivity index (χ3v) is 10.5. The predicted octanol–water partition coefficient (Wildman–Crippen LogP) is 4.59. The van der Waals surface area contributed by atoms with Crippen molar-refractivity contribution >= 4 is 16.1 Å². The van der Waals surface area contributed by atoms with E-state index in [1.807, 2.05) is 60.7 Å². The molecule has 3 aromatic carbocycles. The highest BCUT2D eigenvalue weighted by molar-refractivity contribution is 7.89. The van der Waals surface area contributed by atoms with Crippen LogP contribution in [0, 0.1) is 5.92 Å². The summed E-state index contributed by atoms with van der Waals surface area (Å²) in [4.78, 5) is 19.2. The van der Waals surface area contributed by atoms with Gasteiger partial charge in [0.25, 0.3) is 10.0 Å². The van der Waals surface area contributed by atoms with Gasteiger partial charge in [-0.3, -0.25) is 4.84 Å². The van der Waals surface area contributed by atoms with Crippen molar-refractivity contribution < 1.29 is 42.1 Å². The molecule has 1 saturated carbocycles. The molecule has 3 aromatic rings. The van der Waals surface area contributed by atoms with Gasteiger partial charge in [-0.15, -0.1) is 0 Å². The fourth-order valence-corrected chi connectivity index (χ4v) is 7.58. The first-order chi connectivity index (χ1) is 22.8. The molecule has 3 aliphatic rings. The maximum absolute atomic E-state index is 14.1. The van der Waals surface area contributed by atoms with Gasteiger partial charge in [0.2, 0.25) is 0 Å². The Morgan fingerprint density at radius 2 is 1.66 bits per heavy atom. The zero-order valence-electron chi connectivity index (χ0n) is 26.2. The Morgan fingerprint density at radius 3 is 2.40 bits per heavy atom. The number of hydrogen-bond acceptors (Lipinski definition) is 9. The van der Waals surface area contributed by atoms with E-state index in [4.69, 9.17) is 23.8 Å². The van der Waals surface area contributed by atoms with Crippen LogP contribution < -0.4 is 10.1 Å². The van der Waals surface area contributed by atoms with Crippen molar-refractivity contribution in [3.63, 3.8) is 0 Å². The zero-order valence-corrected chi connectivity index (χ0v) is 27.0. The number of nitrogens with zero attached hydrogens (tertiary/aromatic N) is 1. The topological polar surface area (TPSA) is 133 Å². The number of aliphatic hydroxyl groups is 1. The van der Waals surface area contributed by atoms with Gasteiger partial charge in [0.05, 0.1) is 48.8 Å². The smallest absolute Gasteiger partial charge is 0.407 e. The number of ether oxygens (including phenoxy) is 4. The predicted molar refractivity (Wildman–Crippen MR) is 172 cm³/mol. The number of rotatable bonds is 14. The molecule has 2 saturated heterocycles. The first kappa shape index (κ1) is 33.4. The van der Waals surface area contributed by atoms with E-state index in [2.05, 4.69) is 5.32 Å². The second-order valence-corrected chi connectivity index (χ2v) is 14.1. The molecule has 12 heteroatoms. The summed E-state index contributed by atoms with van der Waals surface area (Å²) in [6.07, 6.45) is 0.963. The van der Waals surface area contributed by atoms with Crippen molar-refractivity contribution in [2.45, 2.75) is 80.7 Å². The van der Waals surface area contributed by atoms with Gasteiger partial charge in [0.1, 0.15) is 18.5 Å². The molecule has 2 heterocycles. The quantitative estimate of drug-likeness (QED) is 0.237. The number of sulfonamides is 1. The minimum atomic E-state index is -4.26. The Hall–Kier alpha value is -3.52. The van der Waals surface area contributed by atoms with E-state index in [1.165, 1.54) is 12.1 Å². The lowest BCUT2D eigenvalue weighted by atomic mass is 10.0. The summed E-state index contributed by atoms with van der Waals surface area (Å²) in [6, 6.07) is 24.3. The lowest BCUT2D eigenvalue weighted by Crippen LogP contribution is -2.51. The van der Waals surface area contributed by atoms with E-state index in [1.54, 1.807) is 12.1 Å². The number of hydroxylamine groups is 1. The fraction of sp³-hybridized carbons (Fsp3) is 0.457. The minimum Gasteiger partial charge on any atom is -0.489 e. The molecular weight excluding hydrogens is 624 g/mol. The van der Waals surface area contributed by atoms with E-state index in [-0.39, 0.29) is 42.8 Å². The summed E-state index contributed by atoms with van der Waals surface area (Å²) in [5, 5.41) is 14.4. The molecule has 1 amide bonds. The number of hydrogen-bond donors (Lipinski definition) is 2. The Kier molecular flexibility index (Phi) is 11.1. The highest BCUT2D eigenvalue weighted by atomic mass is 32.2. The monoisotopic (exact) mass is 666 g/mol. The number of alkyl carbamates (subject to hydrolysis) is 1. The molecule has 0 aromatic heterocycles. The van der Waals surface area contributed by atoms with Crippen LogP contribution in [0.1, 0.15) is 43.2 Å². The Labute approximate surface area is 275 Å². The molecule has 2 N–H and O–H groups in total. The standard InChI is InChI=1S/C35H42N2O9S/c38-32(31(20-25-10-3-1-4-11-25)36-35(39)45-33-24-44-34-30(33)18-19-42-34)22-37(46-27-14-7-8-15-27)47(40,41)29-17-9-16-28(21-29)43-23-26-12-5-2-6-13-26/h1-6,9-13,16-17,21,27,30-34,38H,7-8,14-15,18-20,22-24H2,(H,36,39)/t30-,31?,32-,33-,34+/m0/s1. The van der Waals surface area contributed by atoms with Crippen molar-refractivity contribution in [2.75, 3.05) is 19.8 Å². The number of amides is 1. The number of aliphatic hydroxyl groups excluding tert-OH is 1. The molecule has 252 valence electrons. The summed E-state index contributed by atoms with van der Waals surface area (Å²) >= 11 is 0. The van der Waals surface area contributed by atoms with E-state index < -0.39 is 40.9 Å². The molecule has 5 atom stereocenters. The van der Waals surface area contributed by atoms with Crippen molar-refractivity contribution in [1.29, 1.82) is 0 Å². The average Bonchev–Trinajstić information content (AvgIpc) is 3.85. The molecule has 1 unspecified atom stereocenters. The van der Waals surface area contributed by atoms with E-state index in [9.17, 15) is 18.3 Å². The van der Waals surface area contributed by atoms with Crippen LogP contribution in [0.3, 0.4) is 0 Å². The maximum atomic E-state index is 14.1. The van der Waals surface area contributed by atoms with Crippen LogP contribution >= 0.6 is 0 Å². The van der Waals surface area contributed by atoms with Crippen molar-refractivity contribution in [3.05, 3.63) is 96.1 Å². The average molecular weight is 667 g/mol. The number of carbonyl (C=O) groups is 1. The lowest BCUT2D eigenvalue weighted by Gasteiger charge is -2.31. The second-order valence-electron chi connectivity index (χ2n) is 12.2. The first-order valence-corrected chi connectivity index (χ1v) is 17.7. The molecule has 1 aliphatic carbocycles. The summed E-state index contributed by atoms with van der Waals surface area (Å²) in [7, 11) is -4.26. The molecule has 2 aliphatic heterocycles. The third-order valence-electron chi connectivity index (χ3n) is 8.83. The van der Waals surface area contributed by atoms with Gasteiger partial charge in [0, 0.05) is 6.07 Å². The van der Waals surface area contributed by atoms with Crippen LogP contribution in [0.25, 0.3) is 0 Å². The van der Waals surface area contributed by atoms with E-state index >= 15 is 0 Å². The lowest BCUT2D eigenvalue weighted by molar-refractivity contribution is -0.145. The SMILES string of the molecule is O=C(NC(Cc1ccccc1)[C@@H](O)CN(OC1CCCC1)S(=O)(=O)c1cccc(OCc2ccccc2)c1)O[C@H]1CO[C@H]2OCC[C@H]21. The Bertz CT molecular complexity index is 1550. The van der Waals surface area contributed by atoms with Gasteiger partial charge in [0.15, 0.2) is 6.29 Å². The summed E-state index contributed by atoms with van der Waals surface area (Å²) in [5.41, 5.74) is 1.79. The summed E-state index contributed by atoms with van der Waals surface area (Å²) < 4.78 is 51.9. The molecule has 0 bridgehead atoms. The van der Waals surface area contributed by atoms with Crippen LogP contribution in [-0.4, -0.2) is 74.5 Å². The first-order valence-electron chi connectivity index (χ1n) is 16.2. The zero-order chi connectivity index (χ0) is 32.6. The normalized spacial score (nSPS) is 22.6. The summed E-state index contributed by atoms with van der Waals surface area (Å²) in [5.74, 6) is 0.333. The number of nitrogens with one attached hydrogen (secondary N) is 1. The van der Waals surface area contributed by atoms with Crippen molar-refractivity contribution in [1.82, 2.24) is 9.79 Å². The highest BCUT2D eigenvalue weighted by Gasteiger charge is 2.44. The molecular formula is C35H42N2O9S. The van der Waals surface area contributed by atoms with E-state index in [0.717, 1.165) is 34.9 Å². The molecule has 0 radical (unpaired) electrons.